The summed E-state index contributed by atoms with van der Waals surface area (Å²) in [6.07, 6.45) is 0. The Labute approximate surface area is 263 Å². The van der Waals surface area contributed by atoms with Gasteiger partial charge in [0.1, 0.15) is 5.75 Å². The van der Waals surface area contributed by atoms with Gasteiger partial charge in [-0.3, -0.25) is 4.98 Å². The van der Waals surface area contributed by atoms with Crippen LogP contribution in [0.4, 0.5) is 0 Å². The van der Waals surface area contributed by atoms with Gasteiger partial charge in [-0.25, -0.2) is 4.98 Å². The van der Waals surface area contributed by atoms with Gasteiger partial charge in [-0.15, -0.1) is 35.9 Å². The van der Waals surface area contributed by atoms with Crippen LogP contribution < -0.4 is 4.74 Å². The van der Waals surface area contributed by atoms with Gasteiger partial charge in [-0.05, 0) is 68.5 Å². The summed E-state index contributed by atoms with van der Waals surface area (Å²) in [5.41, 5.74) is 9.11. The molecule has 0 saturated carbocycles. The Kier molecular flexibility index (Phi) is 6.85. The molecule has 0 aliphatic heterocycles. The van der Waals surface area contributed by atoms with Gasteiger partial charge in [-0.2, -0.15) is 0 Å². The number of rotatable bonds is 4. The molecule has 0 bridgehead atoms. The first-order chi connectivity index (χ1) is 20.7. The zero-order valence-electron chi connectivity index (χ0n) is 22.8. The first kappa shape index (κ1) is 26.8. The molecule has 208 valence electrons. The van der Waals surface area contributed by atoms with Gasteiger partial charge in [0, 0.05) is 26.6 Å². The van der Waals surface area contributed by atoms with E-state index in [1.807, 2.05) is 66.7 Å². The summed E-state index contributed by atoms with van der Waals surface area (Å²) in [7, 11) is 0. The fraction of sp³-hybridized carbons (Fsp3) is 0. The SMILES string of the molecule is Oc1ccccc1-c1cc2c(c(Oc3cccc(-c4[c-]cccc4)n3)n1)-c1ccccc1-c1cccc3cccc-2c13.[Pt]. The maximum Gasteiger partial charge on any atom is 0.230 e. The molecule has 7 aromatic rings. The minimum atomic E-state index is 0. The van der Waals surface area contributed by atoms with Crippen molar-refractivity contribution in [3.8, 4) is 73.4 Å². The summed E-state index contributed by atoms with van der Waals surface area (Å²) in [5.74, 6) is 0.999. The van der Waals surface area contributed by atoms with Crippen LogP contribution in [0.2, 0.25) is 0 Å². The Morgan fingerprint density at radius 2 is 1.23 bits per heavy atom. The molecule has 1 aliphatic carbocycles. The Morgan fingerprint density at radius 1 is 0.558 bits per heavy atom. The van der Waals surface area contributed by atoms with Crippen molar-refractivity contribution in [2.45, 2.75) is 0 Å². The van der Waals surface area contributed by atoms with Crippen LogP contribution in [0.1, 0.15) is 0 Å². The Balaban J connectivity index is 0.00000300. The fourth-order valence-electron chi connectivity index (χ4n) is 5.90. The third-order valence-corrected chi connectivity index (χ3v) is 7.76. The number of benzene rings is 5. The van der Waals surface area contributed by atoms with Crippen LogP contribution in [0.3, 0.4) is 0 Å². The van der Waals surface area contributed by atoms with E-state index < -0.39 is 0 Å². The Bertz CT molecular complexity index is 2140. The number of nitrogens with zero attached hydrogens (tertiary/aromatic N) is 2. The van der Waals surface area contributed by atoms with Crippen molar-refractivity contribution in [2.75, 3.05) is 0 Å². The van der Waals surface area contributed by atoms with Gasteiger partial charge in [0.25, 0.3) is 0 Å². The third kappa shape index (κ3) is 4.61. The third-order valence-electron chi connectivity index (χ3n) is 7.76. The molecule has 0 fully saturated rings. The molecule has 4 nitrogen and oxygen atoms in total. The number of aromatic hydroxyl groups is 1. The van der Waals surface area contributed by atoms with Gasteiger partial charge >= 0.3 is 0 Å². The summed E-state index contributed by atoms with van der Waals surface area (Å²) in [5, 5.41) is 13.2. The Morgan fingerprint density at radius 3 is 2.00 bits per heavy atom. The van der Waals surface area contributed by atoms with Crippen LogP contribution in [0.15, 0.2) is 133 Å². The van der Waals surface area contributed by atoms with Crippen molar-refractivity contribution in [3.05, 3.63) is 140 Å². The predicted octanol–water partition coefficient (Wildman–Crippen LogP) is 9.57. The molecule has 0 unspecified atom stereocenters. The van der Waals surface area contributed by atoms with Gasteiger partial charge in [-0.1, -0.05) is 84.9 Å². The van der Waals surface area contributed by atoms with E-state index in [4.69, 9.17) is 14.7 Å². The number of para-hydroxylation sites is 1. The normalized spacial score (nSPS) is 11.2. The number of hydrogen-bond donors (Lipinski definition) is 1. The summed E-state index contributed by atoms with van der Waals surface area (Å²) in [4.78, 5) is 9.87. The maximum absolute atomic E-state index is 10.8. The molecule has 0 saturated heterocycles. The average Bonchev–Trinajstić information content (AvgIpc) is 3.16. The van der Waals surface area contributed by atoms with Gasteiger partial charge in [0.05, 0.1) is 11.3 Å². The minimum Gasteiger partial charge on any atom is -0.507 e. The van der Waals surface area contributed by atoms with Gasteiger partial charge in [0.2, 0.25) is 11.8 Å². The molecule has 8 rings (SSSR count). The number of phenols is 1. The first-order valence-corrected chi connectivity index (χ1v) is 13.8. The second-order valence-corrected chi connectivity index (χ2v) is 10.2. The average molecular weight is 735 g/mol. The van der Waals surface area contributed by atoms with E-state index in [0.29, 0.717) is 23.0 Å². The van der Waals surface area contributed by atoms with Crippen molar-refractivity contribution in [1.82, 2.24) is 9.97 Å². The molecule has 5 aromatic carbocycles. The molecule has 0 radical (unpaired) electrons. The van der Waals surface area contributed by atoms with Crippen molar-refractivity contribution < 1.29 is 30.9 Å². The van der Waals surface area contributed by atoms with Crippen LogP contribution >= 0.6 is 0 Å². The fourth-order valence-corrected chi connectivity index (χ4v) is 5.90. The molecule has 1 N–H and O–H groups in total. The molecule has 0 atom stereocenters. The number of aromatic nitrogens is 2. The van der Waals surface area contributed by atoms with E-state index in [1.165, 1.54) is 5.39 Å². The topological polar surface area (TPSA) is 55.2 Å². The monoisotopic (exact) mass is 734 g/mol. The Hall–Kier alpha value is -5.05. The van der Waals surface area contributed by atoms with Crippen molar-refractivity contribution in [2.24, 2.45) is 0 Å². The van der Waals surface area contributed by atoms with Crippen LogP contribution in [-0.4, -0.2) is 15.1 Å². The number of hydrogen-bond acceptors (Lipinski definition) is 4. The summed E-state index contributed by atoms with van der Waals surface area (Å²) >= 11 is 0. The molecular weight excluding hydrogens is 712 g/mol. The molecule has 43 heavy (non-hydrogen) atoms. The maximum atomic E-state index is 10.8. The smallest absolute Gasteiger partial charge is 0.230 e. The first-order valence-electron chi connectivity index (χ1n) is 13.8. The molecular formula is C38H23N2O2Pt-. The molecule has 2 aromatic heterocycles. The van der Waals surface area contributed by atoms with E-state index in [-0.39, 0.29) is 26.8 Å². The largest absolute Gasteiger partial charge is 0.507 e. The summed E-state index contributed by atoms with van der Waals surface area (Å²) in [6, 6.07) is 47.2. The molecule has 5 heteroatoms. The summed E-state index contributed by atoms with van der Waals surface area (Å²) < 4.78 is 6.63. The number of phenolic OH excluding ortho intramolecular Hbond substituents is 1. The zero-order chi connectivity index (χ0) is 28.0. The van der Waals surface area contributed by atoms with E-state index in [0.717, 1.165) is 50.0 Å². The van der Waals surface area contributed by atoms with Gasteiger partial charge < -0.3 is 9.84 Å². The van der Waals surface area contributed by atoms with Crippen molar-refractivity contribution in [3.63, 3.8) is 0 Å². The number of pyridine rings is 2. The molecule has 0 amide bonds. The number of fused-ring (bicyclic) bond motifs is 5. The van der Waals surface area contributed by atoms with Crippen LogP contribution in [0, 0.1) is 6.07 Å². The second kappa shape index (κ2) is 11.0. The summed E-state index contributed by atoms with van der Waals surface area (Å²) in [6.45, 7) is 0. The van der Waals surface area contributed by atoms with Gasteiger partial charge in [0.15, 0.2) is 0 Å². The number of ether oxygens (including phenoxy) is 1. The molecule has 1 aliphatic rings. The van der Waals surface area contributed by atoms with E-state index in [1.54, 1.807) is 6.07 Å². The van der Waals surface area contributed by atoms with E-state index in [9.17, 15) is 5.11 Å². The van der Waals surface area contributed by atoms with E-state index in [2.05, 4.69) is 66.7 Å². The molecule has 2 heterocycles. The van der Waals surface area contributed by atoms with Crippen LogP contribution in [0.25, 0.3) is 66.7 Å². The second-order valence-electron chi connectivity index (χ2n) is 10.2. The standard InChI is InChI=1S/C38H23N2O2.Pt/c41-34-21-7-6-17-30(34)33-23-31-29-19-9-14-25-13-8-18-27(36(25)29)26-15-4-5-16-28(26)37(31)38(40-33)42-35-22-10-20-32(39-35)24-11-2-1-3-12-24;/h1-11,13-23,41H;/q-1;. The van der Waals surface area contributed by atoms with Crippen LogP contribution in [-0.2, 0) is 21.1 Å². The molecule has 0 spiro atoms. The van der Waals surface area contributed by atoms with Crippen molar-refractivity contribution >= 4 is 10.8 Å². The zero-order valence-corrected chi connectivity index (χ0v) is 25.0. The van der Waals surface area contributed by atoms with Crippen molar-refractivity contribution in [1.29, 1.82) is 0 Å². The van der Waals surface area contributed by atoms with E-state index >= 15 is 0 Å². The van der Waals surface area contributed by atoms with Crippen LogP contribution in [0.5, 0.6) is 17.5 Å². The minimum absolute atomic E-state index is 0. The quantitative estimate of drug-likeness (QED) is 0.183. The predicted molar refractivity (Wildman–Crippen MR) is 167 cm³/mol.